The number of nitrogens with one attached hydrogen (secondary N) is 1. The number of carbonyl (C=O) groups is 1. The van der Waals surface area contributed by atoms with Crippen LogP contribution in [0, 0.1) is 10.1 Å². The number of ether oxygens (including phenoxy) is 1. The van der Waals surface area contributed by atoms with Gasteiger partial charge in [0.1, 0.15) is 6.61 Å². The first kappa shape index (κ1) is 11.1. The Morgan fingerprint density at radius 1 is 1.41 bits per heavy atom. The molecule has 1 N–H and O–H groups in total. The summed E-state index contributed by atoms with van der Waals surface area (Å²) in [5.41, 5.74) is 1.26. The minimum atomic E-state index is -0.429. The van der Waals surface area contributed by atoms with Crippen LogP contribution < -0.4 is 5.32 Å². The van der Waals surface area contributed by atoms with Gasteiger partial charge in [-0.05, 0) is 0 Å². The SMILES string of the molecule is O=C1C=C(NCc2ccccc2[N+](=O)[O-])CO1. The highest BCUT2D eigenvalue weighted by molar-refractivity contribution is 5.85. The summed E-state index contributed by atoms with van der Waals surface area (Å²) in [6, 6.07) is 6.46. The topological polar surface area (TPSA) is 81.5 Å². The molecule has 0 aliphatic carbocycles. The maximum atomic E-state index is 10.8. The number of cyclic esters (lactones) is 1. The fraction of sp³-hybridized carbons (Fsp3) is 0.182. The van der Waals surface area contributed by atoms with Gasteiger partial charge in [0.2, 0.25) is 0 Å². The van der Waals surface area contributed by atoms with E-state index >= 15 is 0 Å². The van der Waals surface area contributed by atoms with E-state index in [-0.39, 0.29) is 12.3 Å². The highest BCUT2D eigenvalue weighted by Gasteiger charge is 2.15. The lowest BCUT2D eigenvalue weighted by Crippen LogP contribution is -2.14. The molecule has 0 saturated carbocycles. The smallest absolute Gasteiger partial charge is 0.333 e. The summed E-state index contributed by atoms with van der Waals surface area (Å²) in [6.07, 6.45) is 1.34. The molecule has 6 heteroatoms. The van der Waals surface area contributed by atoms with Crippen LogP contribution in [0.15, 0.2) is 36.0 Å². The Kier molecular flexibility index (Phi) is 3.04. The fourth-order valence-electron chi connectivity index (χ4n) is 1.52. The summed E-state index contributed by atoms with van der Waals surface area (Å²) in [5.74, 6) is -0.393. The van der Waals surface area contributed by atoms with E-state index in [2.05, 4.69) is 5.32 Å². The highest BCUT2D eigenvalue weighted by atomic mass is 16.6. The Hall–Kier alpha value is -2.37. The van der Waals surface area contributed by atoms with Crippen LogP contribution in [0.4, 0.5) is 5.69 Å². The second-order valence-corrected chi connectivity index (χ2v) is 3.52. The lowest BCUT2D eigenvalue weighted by Gasteiger charge is -2.06. The van der Waals surface area contributed by atoms with Crippen molar-refractivity contribution < 1.29 is 14.5 Å². The van der Waals surface area contributed by atoms with E-state index in [1.807, 2.05) is 0 Å². The Labute approximate surface area is 97.0 Å². The van der Waals surface area contributed by atoms with Crippen molar-refractivity contribution in [3.8, 4) is 0 Å². The highest BCUT2D eigenvalue weighted by Crippen LogP contribution is 2.17. The number of para-hydroxylation sites is 1. The molecule has 2 rings (SSSR count). The Balaban J connectivity index is 2.06. The molecule has 1 aromatic carbocycles. The van der Waals surface area contributed by atoms with Crippen molar-refractivity contribution in [1.29, 1.82) is 0 Å². The summed E-state index contributed by atoms with van der Waals surface area (Å²) in [6.45, 7) is 0.485. The zero-order valence-corrected chi connectivity index (χ0v) is 8.88. The number of nitro benzene ring substituents is 1. The number of hydrogen-bond acceptors (Lipinski definition) is 5. The van der Waals surface area contributed by atoms with Gasteiger partial charge in [0.15, 0.2) is 0 Å². The standard InChI is InChI=1S/C11H10N2O4/c14-11-5-9(7-17-11)12-6-8-3-1-2-4-10(8)13(15)16/h1-5,12H,6-7H2. The molecule has 0 aromatic heterocycles. The Bertz CT molecular complexity index is 496. The van der Waals surface area contributed by atoms with Crippen molar-refractivity contribution in [3.05, 3.63) is 51.7 Å². The molecule has 0 bridgehead atoms. The Morgan fingerprint density at radius 3 is 2.82 bits per heavy atom. The summed E-state index contributed by atoms with van der Waals surface area (Å²) in [5, 5.41) is 13.7. The van der Waals surface area contributed by atoms with E-state index in [9.17, 15) is 14.9 Å². The molecule has 0 saturated heterocycles. The molecule has 1 aromatic rings. The third-order valence-electron chi connectivity index (χ3n) is 2.36. The molecule has 6 nitrogen and oxygen atoms in total. The number of rotatable bonds is 4. The minimum absolute atomic E-state index is 0.0610. The van der Waals surface area contributed by atoms with Crippen LogP contribution in [-0.2, 0) is 16.1 Å². The maximum absolute atomic E-state index is 10.8. The van der Waals surface area contributed by atoms with Gasteiger partial charge in [0.05, 0.1) is 10.6 Å². The second-order valence-electron chi connectivity index (χ2n) is 3.52. The largest absolute Gasteiger partial charge is 0.456 e. The molecule has 0 atom stereocenters. The average molecular weight is 234 g/mol. The summed E-state index contributed by atoms with van der Waals surface area (Å²) >= 11 is 0. The monoisotopic (exact) mass is 234 g/mol. The lowest BCUT2D eigenvalue weighted by molar-refractivity contribution is -0.385. The van der Waals surface area contributed by atoms with Crippen molar-refractivity contribution in [2.24, 2.45) is 0 Å². The molecule has 0 spiro atoms. The van der Waals surface area contributed by atoms with Crippen LogP contribution in [0.1, 0.15) is 5.56 Å². The quantitative estimate of drug-likeness (QED) is 0.479. The number of nitrogens with zero attached hydrogens (tertiary/aromatic N) is 1. The molecule has 0 amide bonds. The van der Waals surface area contributed by atoms with Gasteiger partial charge in [-0.1, -0.05) is 18.2 Å². The summed E-state index contributed by atoms with van der Waals surface area (Å²) in [7, 11) is 0. The van der Waals surface area contributed by atoms with Gasteiger partial charge in [0, 0.05) is 24.3 Å². The van der Waals surface area contributed by atoms with E-state index in [1.54, 1.807) is 18.2 Å². The Morgan fingerprint density at radius 2 is 2.18 bits per heavy atom. The normalized spacial score (nSPS) is 14.1. The van der Waals surface area contributed by atoms with E-state index in [0.29, 0.717) is 17.8 Å². The fourth-order valence-corrected chi connectivity index (χ4v) is 1.52. The predicted octanol–water partition coefficient (Wildman–Crippen LogP) is 1.13. The average Bonchev–Trinajstić information content (AvgIpc) is 2.73. The zero-order valence-electron chi connectivity index (χ0n) is 8.88. The van der Waals surface area contributed by atoms with Gasteiger partial charge in [-0.15, -0.1) is 0 Å². The van der Waals surface area contributed by atoms with Crippen LogP contribution in [0.3, 0.4) is 0 Å². The number of nitro groups is 1. The number of esters is 1. The molecule has 88 valence electrons. The lowest BCUT2D eigenvalue weighted by atomic mass is 10.2. The molecule has 1 aliphatic rings. The first-order chi connectivity index (χ1) is 8.16. The van der Waals surface area contributed by atoms with Crippen LogP contribution in [0.25, 0.3) is 0 Å². The van der Waals surface area contributed by atoms with Gasteiger partial charge in [0.25, 0.3) is 5.69 Å². The van der Waals surface area contributed by atoms with Crippen molar-refractivity contribution >= 4 is 11.7 Å². The molecule has 1 aliphatic heterocycles. The van der Waals surface area contributed by atoms with E-state index in [0.717, 1.165) is 0 Å². The van der Waals surface area contributed by atoms with Crippen molar-refractivity contribution in [2.45, 2.75) is 6.54 Å². The first-order valence-corrected chi connectivity index (χ1v) is 5.00. The van der Waals surface area contributed by atoms with Gasteiger partial charge in [-0.2, -0.15) is 0 Å². The second kappa shape index (κ2) is 4.65. The minimum Gasteiger partial charge on any atom is -0.456 e. The zero-order chi connectivity index (χ0) is 12.3. The first-order valence-electron chi connectivity index (χ1n) is 5.00. The maximum Gasteiger partial charge on any atom is 0.333 e. The van der Waals surface area contributed by atoms with E-state index in [4.69, 9.17) is 4.74 Å². The number of carbonyl (C=O) groups excluding carboxylic acids is 1. The van der Waals surface area contributed by atoms with Crippen molar-refractivity contribution in [1.82, 2.24) is 5.32 Å². The van der Waals surface area contributed by atoms with Crippen LogP contribution in [-0.4, -0.2) is 17.5 Å². The van der Waals surface area contributed by atoms with Gasteiger partial charge >= 0.3 is 5.97 Å². The molecule has 0 radical (unpaired) electrons. The van der Waals surface area contributed by atoms with Gasteiger partial charge < -0.3 is 10.1 Å². The van der Waals surface area contributed by atoms with Crippen LogP contribution >= 0.6 is 0 Å². The van der Waals surface area contributed by atoms with Crippen LogP contribution in [0.5, 0.6) is 0 Å². The summed E-state index contributed by atoms with van der Waals surface area (Å²) in [4.78, 5) is 21.1. The third kappa shape index (κ3) is 2.60. The van der Waals surface area contributed by atoms with Crippen LogP contribution in [0.2, 0.25) is 0 Å². The van der Waals surface area contributed by atoms with Gasteiger partial charge in [-0.3, -0.25) is 10.1 Å². The molecular formula is C11H10N2O4. The van der Waals surface area contributed by atoms with E-state index in [1.165, 1.54) is 12.1 Å². The predicted molar refractivity (Wildman–Crippen MR) is 59.0 cm³/mol. The third-order valence-corrected chi connectivity index (χ3v) is 2.36. The molecule has 0 fully saturated rings. The van der Waals surface area contributed by atoms with Crippen molar-refractivity contribution in [3.63, 3.8) is 0 Å². The summed E-state index contributed by atoms with van der Waals surface area (Å²) < 4.78 is 4.70. The molecule has 17 heavy (non-hydrogen) atoms. The number of benzene rings is 1. The molecule has 0 unspecified atom stereocenters. The molecule has 1 heterocycles. The van der Waals surface area contributed by atoms with Crippen molar-refractivity contribution in [2.75, 3.05) is 6.61 Å². The molecular weight excluding hydrogens is 224 g/mol. The number of hydrogen-bond donors (Lipinski definition) is 1. The van der Waals surface area contributed by atoms with E-state index < -0.39 is 10.9 Å². The van der Waals surface area contributed by atoms with Gasteiger partial charge in [-0.25, -0.2) is 4.79 Å².